The molecule has 0 unspecified atom stereocenters. The lowest BCUT2D eigenvalue weighted by molar-refractivity contribution is -0.173. The second-order valence-corrected chi connectivity index (χ2v) is 11.0. The van der Waals surface area contributed by atoms with E-state index in [0.29, 0.717) is 23.3 Å². The van der Waals surface area contributed by atoms with Gasteiger partial charge >= 0.3 is 17.9 Å². The number of fused-ring (bicyclic) bond motifs is 1. The van der Waals surface area contributed by atoms with E-state index in [2.05, 4.69) is 0 Å². The summed E-state index contributed by atoms with van der Waals surface area (Å²) >= 11 is 0. The van der Waals surface area contributed by atoms with Crippen molar-refractivity contribution in [2.24, 2.45) is 17.3 Å². The minimum Gasteiger partial charge on any atom is -0.497 e. The van der Waals surface area contributed by atoms with Crippen molar-refractivity contribution in [3.05, 3.63) is 53.1 Å². The van der Waals surface area contributed by atoms with Crippen LogP contribution in [0.15, 0.2) is 47.6 Å². The molecule has 1 aromatic rings. The lowest BCUT2D eigenvalue weighted by Gasteiger charge is -2.45. The number of methoxy groups -OCH3 is 1. The Hall–Kier alpha value is -3.13. The van der Waals surface area contributed by atoms with Crippen molar-refractivity contribution >= 4 is 17.9 Å². The summed E-state index contributed by atoms with van der Waals surface area (Å²) < 4.78 is 23.1. The molecule has 1 saturated carbocycles. The molecular formula is C30H40O8. The van der Waals surface area contributed by atoms with E-state index < -0.39 is 53.2 Å². The molecule has 1 N–H and O–H groups in total. The van der Waals surface area contributed by atoms with Crippen molar-refractivity contribution in [2.75, 3.05) is 7.11 Å². The summed E-state index contributed by atoms with van der Waals surface area (Å²) in [4.78, 5) is 38.4. The first-order valence-corrected chi connectivity index (χ1v) is 13.0. The average molecular weight is 529 g/mol. The van der Waals surface area contributed by atoms with Crippen molar-refractivity contribution in [3.8, 4) is 5.75 Å². The third-order valence-corrected chi connectivity index (χ3v) is 8.24. The molecule has 0 aromatic heterocycles. The number of aliphatic hydroxyl groups is 1. The first kappa shape index (κ1) is 29.4. The van der Waals surface area contributed by atoms with Crippen LogP contribution in [0.1, 0.15) is 71.7 Å². The summed E-state index contributed by atoms with van der Waals surface area (Å²) in [5.41, 5.74) is -0.858. The van der Waals surface area contributed by atoms with Gasteiger partial charge in [-0.1, -0.05) is 32.4 Å². The largest absolute Gasteiger partial charge is 0.497 e. The fourth-order valence-electron chi connectivity index (χ4n) is 5.90. The number of hydrogen-bond acceptors (Lipinski definition) is 8. The number of hydrogen-bond donors (Lipinski definition) is 1. The van der Waals surface area contributed by atoms with Gasteiger partial charge in [-0.15, -0.1) is 0 Å². The number of benzene rings is 1. The van der Waals surface area contributed by atoms with E-state index in [9.17, 15) is 19.5 Å². The average Bonchev–Trinajstić information content (AvgIpc) is 3.03. The fraction of sp³-hybridized carbons (Fsp3) is 0.567. The predicted molar refractivity (Wildman–Crippen MR) is 141 cm³/mol. The third-order valence-electron chi connectivity index (χ3n) is 8.24. The lowest BCUT2D eigenvalue weighted by Crippen LogP contribution is -2.55. The number of allylic oxidation sites excluding steroid dienone is 1. The highest BCUT2D eigenvalue weighted by molar-refractivity contribution is 5.89. The molecule has 1 aromatic carbocycles. The monoisotopic (exact) mass is 528 g/mol. The second kappa shape index (κ2) is 11.3. The Labute approximate surface area is 225 Å². The van der Waals surface area contributed by atoms with Gasteiger partial charge < -0.3 is 24.1 Å². The van der Waals surface area contributed by atoms with Crippen molar-refractivity contribution in [3.63, 3.8) is 0 Å². The molecule has 0 bridgehead atoms. The van der Waals surface area contributed by atoms with Crippen LogP contribution in [0, 0.1) is 17.3 Å². The van der Waals surface area contributed by atoms with Gasteiger partial charge in [0, 0.05) is 31.3 Å². The Balaban J connectivity index is 2.12. The van der Waals surface area contributed by atoms with Crippen LogP contribution >= 0.6 is 0 Å². The molecule has 2 aliphatic carbocycles. The SMILES string of the molecule is C/C=C(/C)C(=O)O[C@@H]1C=C(C)C[C@H](OC(=O)c2ccc(OC)cc2)[C@@H]2[C@]1(C)[C@@H](OC(C)=O)C[C@@]2(O)C(C)C. The van der Waals surface area contributed by atoms with Crippen LogP contribution in [0.2, 0.25) is 0 Å². The van der Waals surface area contributed by atoms with Crippen LogP contribution in [0.25, 0.3) is 0 Å². The smallest absolute Gasteiger partial charge is 0.338 e. The molecule has 0 aliphatic heterocycles. The van der Waals surface area contributed by atoms with Crippen LogP contribution in [0.5, 0.6) is 5.75 Å². The van der Waals surface area contributed by atoms with E-state index in [1.807, 2.05) is 33.8 Å². The molecule has 3 rings (SSSR count). The molecule has 8 heteroatoms. The topological polar surface area (TPSA) is 108 Å². The maximum atomic E-state index is 13.3. The van der Waals surface area contributed by atoms with Crippen molar-refractivity contribution in [2.45, 2.75) is 85.2 Å². The zero-order valence-electron chi connectivity index (χ0n) is 23.6. The number of carbonyl (C=O) groups excluding carboxylic acids is 3. The molecule has 6 atom stereocenters. The Kier molecular flexibility index (Phi) is 8.76. The normalized spacial score (nSPS) is 31.1. The van der Waals surface area contributed by atoms with Gasteiger partial charge in [0.2, 0.25) is 0 Å². The van der Waals surface area contributed by atoms with Gasteiger partial charge in [0.15, 0.2) is 0 Å². The quantitative estimate of drug-likeness (QED) is 0.233. The van der Waals surface area contributed by atoms with Crippen LogP contribution in [0.4, 0.5) is 0 Å². The van der Waals surface area contributed by atoms with Crippen LogP contribution in [-0.4, -0.2) is 54.0 Å². The van der Waals surface area contributed by atoms with Gasteiger partial charge in [-0.3, -0.25) is 4.79 Å². The molecular weight excluding hydrogens is 488 g/mol. The van der Waals surface area contributed by atoms with Gasteiger partial charge in [-0.2, -0.15) is 0 Å². The maximum Gasteiger partial charge on any atom is 0.338 e. The molecule has 8 nitrogen and oxygen atoms in total. The number of carbonyl (C=O) groups is 3. The summed E-state index contributed by atoms with van der Waals surface area (Å²) in [7, 11) is 1.54. The molecule has 0 heterocycles. The Morgan fingerprint density at radius 1 is 1.08 bits per heavy atom. The maximum absolute atomic E-state index is 13.3. The molecule has 208 valence electrons. The lowest BCUT2D eigenvalue weighted by atomic mass is 9.66. The third kappa shape index (κ3) is 5.51. The van der Waals surface area contributed by atoms with E-state index >= 15 is 0 Å². The molecule has 1 fully saturated rings. The number of rotatable bonds is 7. The first-order valence-electron chi connectivity index (χ1n) is 13.0. The van der Waals surface area contributed by atoms with E-state index in [0.717, 1.165) is 5.57 Å². The van der Waals surface area contributed by atoms with Crippen LogP contribution < -0.4 is 4.74 Å². The van der Waals surface area contributed by atoms with Gasteiger partial charge in [-0.25, -0.2) is 9.59 Å². The number of ether oxygens (including phenoxy) is 4. The molecule has 2 aliphatic rings. The van der Waals surface area contributed by atoms with Gasteiger partial charge in [0.1, 0.15) is 24.1 Å². The molecule has 0 spiro atoms. The molecule has 38 heavy (non-hydrogen) atoms. The Morgan fingerprint density at radius 3 is 2.24 bits per heavy atom. The zero-order chi connectivity index (χ0) is 28.4. The highest BCUT2D eigenvalue weighted by Crippen LogP contribution is 2.60. The minimum atomic E-state index is -1.38. The Bertz CT molecular complexity index is 1120. The molecule has 0 amide bonds. The summed E-state index contributed by atoms with van der Waals surface area (Å²) in [5, 5.41) is 12.2. The standard InChI is InChI=1S/C30H40O8/c1-9-19(5)27(32)38-24-15-18(4)14-23(37-28(33)21-10-12-22(35-8)13-11-21)26-29(24,7)25(36-20(6)31)16-30(26,34)17(2)3/h9-13,15,17,23-26,34H,14,16H2,1-8H3/b19-9-/t23-,24+,25-,26+,29-,30+/m0/s1. The van der Waals surface area contributed by atoms with Crippen molar-refractivity contribution < 1.29 is 38.4 Å². The zero-order valence-corrected chi connectivity index (χ0v) is 23.6. The van der Waals surface area contributed by atoms with E-state index in [1.165, 1.54) is 6.92 Å². The minimum absolute atomic E-state index is 0.117. The van der Waals surface area contributed by atoms with E-state index in [-0.39, 0.29) is 12.3 Å². The fourth-order valence-corrected chi connectivity index (χ4v) is 5.90. The van der Waals surface area contributed by atoms with Crippen molar-refractivity contribution in [1.29, 1.82) is 0 Å². The summed E-state index contributed by atoms with van der Waals surface area (Å²) in [6.45, 7) is 12.2. The Morgan fingerprint density at radius 2 is 1.71 bits per heavy atom. The highest BCUT2D eigenvalue weighted by atomic mass is 16.6. The van der Waals surface area contributed by atoms with Crippen LogP contribution in [-0.2, 0) is 23.8 Å². The van der Waals surface area contributed by atoms with Gasteiger partial charge in [0.05, 0.1) is 23.7 Å². The molecule has 0 radical (unpaired) electrons. The van der Waals surface area contributed by atoms with Crippen LogP contribution in [0.3, 0.4) is 0 Å². The van der Waals surface area contributed by atoms with Crippen molar-refractivity contribution in [1.82, 2.24) is 0 Å². The van der Waals surface area contributed by atoms with E-state index in [4.69, 9.17) is 18.9 Å². The predicted octanol–water partition coefficient (Wildman–Crippen LogP) is 4.79. The van der Waals surface area contributed by atoms with Gasteiger partial charge in [-0.05, 0) is 57.0 Å². The van der Waals surface area contributed by atoms with Gasteiger partial charge in [0.25, 0.3) is 0 Å². The number of esters is 3. The summed E-state index contributed by atoms with van der Waals surface area (Å²) in [5.74, 6) is -1.93. The summed E-state index contributed by atoms with van der Waals surface area (Å²) in [6.07, 6.45) is 1.54. The molecule has 0 saturated heterocycles. The second-order valence-electron chi connectivity index (χ2n) is 11.0. The highest BCUT2D eigenvalue weighted by Gasteiger charge is 2.69. The first-order chi connectivity index (χ1) is 17.8. The summed E-state index contributed by atoms with van der Waals surface area (Å²) in [6, 6.07) is 6.59. The van der Waals surface area contributed by atoms with E-state index in [1.54, 1.807) is 51.3 Å².